The summed E-state index contributed by atoms with van der Waals surface area (Å²) in [5, 5.41) is 4.75. The quantitative estimate of drug-likeness (QED) is 0.899. The van der Waals surface area contributed by atoms with Crippen molar-refractivity contribution in [2.24, 2.45) is 0 Å². The largest absolute Gasteiger partial charge is 0.375 e. The third kappa shape index (κ3) is 3.27. The van der Waals surface area contributed by atoms with Crippen molar-refractivity contribution in [1.82, 2.24) is 10.3 Å². The normalized spacial score (nSPS) is 23.9. The Bertz CT molecular complexity index is 430. The van der Waals surface area contributed by atoms with Crippen LogP contribution in [0.25, 0.3) is 0 Å². The molecule has 19 heavy (non-hydrogen) atoms. The van der Waals surface area contributed by atoms with Gasteiger partial charge in [0.1, 0.15) is 0 Å². The van der Waals surface area contributed by atoms with Crippen LogP contribution >= 0.6 is 11.3 Å². The number of hydrogen-bond acceptors (Lipinski definition) is 5. The van der Waals surface area contributed by atoms with Crippen molar-refractivity contribution in [1.29, 1.82) is 0 Å². The first-order valence-corrected chi connectivity index (χ1v) is 8.14. The summed E-state index contributed by atoms with van der Waals surface area (Å²) in [6, 6.07) is 0.762. The van der Waals surface area contributed by atoms with Crippen molar-refractivity contribution in [3.05, 3.63) is 10.6 Å². The molecule has 1 atom stereocenters. The van der Waals surface area contributed by atoms with Crippen molar-refractivity contribution < 1.29 is 4.74 Å². The number of nitrogens with one attached hydrogen (secondary N) is 1. The van der Waals surface area contributed by atoms with E-state index in [1.54, 1.807) is 0 Å². The zero-order valence-electron chi connectivity index (χ0n) is 11.8. The predicted octanol–water partition coefficient (Wildman–Crippen LogP) is 2.32. The summed E-state index contributed by atoms with van der Waals surface area (Å²) in [6.45, 7) is 8.08. The third-order valence-electron chi connectivity index (χ3n) is 3.87. The van der Waals surface area contributed by atoms with Crippen molar-refractivity contribution in [2.45, 2.75) is 51.8 Å². The first-order valence-electron chi connectivity index (χ1n) is 7.32. The molecule has 106 valence electrons. The Labute approximate surface area is 119 Å². The van der Waals surface area contributed by atoms with Crippen LogP contribution in [-0.2, 0) is 11.3 Å². The molecule has 1 aliphatic heterocycles. The number of hydrogen-bond donors (Lipinski definition) is 1. The van der Waals surface area contributed by atoms with E-state index < -0.39 is 0 Å². The van der Waals surface area contributed by atoms with Crippen LogP contribution in [0.4, 0.5) is 5.13 Å². The van der Waals surface area contributed by atoms with Crippen LogP contribution in [0, 0.1) is 6.92 Å². The highest BCUT2D eigenvalue weighted by atomic mass is 32.1. The molecule has 2 fully saturated rings. The van der Waals surface area contributed by atoms with Crippen LogP contribution in [-0.4, -0.2) is 36.8 Å². The lowest BCUT2D eigenvalue weighted by atomic mass is 10.2. The molecule has 2 heterocycles. The van der Waals surface area contributed by atoms with Gasteiger partial charge in [-0.1, -0.05) is 6.92 Å². The summed E-state index contributed by atoms with van der Waals surface area (Å²) in [5.74, 6) is 0. The molecule has 1 saturated carbocycles. The molecule has 1 aliphatic carbocycles. The number of rotatable bonds is 5. The molecule has 1 unspecified atom stereocenters. The number of aryl methyl sites for hydroxylation is 1. The fourth-order valence-electron chi connectivity index (χ4n) is 2.38. The molecule has 4 nitrogen and oxygen atoms in total. The van der Waals surface area contributed by atoms with Crippen molar-refractivity contribution in [3.8, 4) is 0 Å². The van der Waals surface area contributed by atoms with E-state index in [2.05, 4.69) is 24.1 Å². The van der Waals surface area contributed by atoms with Crippen LogP contribution in [0.3, 0.4) is 0 Å². The van der Waals surface area contributed by atoms with Crippen LogP contribution < -0.4 is 10.2 Å². The van der Waals surface area contributed by atoms with E-state index in [1.807, 2.05) is 11.3 Å². The smallest absolute Gasteiger partial charge is 0.185 e. The van der Waals surface area contributed by atoms with Gasteiger partial charge in [0.05, 0.1) is 18.4 Å². The molecule has 0 radical (unpaired) electrons. The summed E-state index contributed by atoms with van der Waals surface area (Å²) < 4.78 is 5.73. The molecule has 0 aromatic carbocycles. The Morgan fingerprint density at radius 3 is 3.05 bits per heavy atom. The van der Waals surface area contributed by atoms with Gasteiger partial charge < -0.3 is 15.0 Å². The molecule has 5 heteroatoms. The Hall–Kier alpha value is -0.650. The van der Waals surface area contributed by atoms with Gasteiger partial charge >= 0.3 is 0 Å². The Kier molecular flexibility index (Phi) is 4.05. The Morgan fingerprint density at radius 1 is 1.47 bits per heavy atom. The highest BCUT2D eigenvalue weighted by molar-refractivity contribution is 7.15. The molecule has 0 bridgehead atoms. The number of aromatic nitrogens is 1. The fraction of sp³-hybridized carbons (Fsp3) is 0.786. The highest BCUT2D eigenvalue weighted by Crippen LogP contribution is 2.28. The zero-order chi connectivity index (χ0) is 13.2. The molecule has 3 rings (SSSR count). The molecule has 1 N–H and O–H groups in total. The van der Waals surface area contributed by atoms with E-state index in [-0.39, 0.29) is 0 Å². The van der Waals surface area contributed by atoms with Crippen molar-refractivity contribution in [3.63, 3.8) is 0 Å². The van der Waals surface area contributed by atoms with Gasteiger partial charge in [0.2, 0.25) is 0 Å². The van der Waals surface area contributed by atoms with E-state index in [4.69, 9.17) is 9.72 Å². The maximum Gasteiger partial charge on any atom is 0.185 e. The number of ether oxygens (including phenoxy) is 1. The van der Waals surface area contributed by atoms with Gasteiger partial charge in [-0.15, -0.1) is 11.3 Å². The molecule has 1 aromatic heterocycles. The number of nitrogens with zero attached hydrogens (tertiary/aromatic N) is 2. The predicted molar refractivity (Wildman–Crippen MR) is 79.0 cm³/mol. The van der Waals surface area contributed by atoms with Crippen molar-refractivity contribution >= 4 is 16.5 Å². The molecule has 2 aliphatic rings. The van der Waals surface area contributed by atoms with Gasteiger partial charge in [-0.3, -0.25) is 0 Å². The average Bonchev–Trinajstić information content (AvgIpc) is 3.19. The third-order valence-corrected chi connectivity index (χ3v) is 5.09. The van der Waals surface area contributed by atoms with Crippen LogP contribution in [0.5, 0.6) is 0 Å². The monoisotopic (exact) mass is 281 g/mol. The molecular formula is C14H23N3OS. The van der Waals surface area contributed by atoms with Crippen molar-refractivity contribution in [2.75, 3.05) is 24.6 Å². The maximum atomic E-state index is 5.73. The maximum absolute atomic E-state index is 5.73. The van der Waals surface area contributed by atoms with Gasteiger partial charge in [0, 0.05) is 30.6 Å². The second-order valence-corrected chi connectivity index (χ2v) is 6.57. The summed E-state index contributed by atoms with van der Waals surface area (Å²) in [4.78, 5) is 8.53. The van der Waals surface area contributed by atoms with Gasteiger partial charge in [0.15, 0.2) is 5.13 Å². The van der Waals surface area contributed by atoms with Crippen LogP contribution in [0.15, 0.2) is 0 Å². The highest BCUT2D eigenvalue weighted by Gasteiger charge is 2.24. The van der Waals surface area contributed by atoms with E-state index in [1.165, 1.54) is 28.5 Å². The lowest BCUT2D eigenvalue weighted by molar-refractivity contribution is 0.0384. The summed E-state index contributed by atoms with van der Waals surface area (Å²) in [6.07, 6.45) is 4.13. The standard InChI is InChI=1S/C14H23N3OS/c1-3-12-9-17(6-7-18-12)14-16-10(2)13(19-14)8-15-11-4-5-11/h11-12,15H,3-9H2,1-2H3. The van der Waals surface area contributed by atoms with E-state index in [9.17, 15) is 0 Å². The summed E-state index contributed by atoms with van der Waals surface area (Å²) in [7, 11) is 0. The summed E-state index contributed by atoms with van der Waals surface area (Å²) in [5.41, 5.74) is 1.19. The number of anilines is 1. The zero-order valence-corrected chi connectivity index (χ0v) is 12.6. The van der Waals surface area contributed by atoms with Gasteiger partial charge in [-0.2, -0.15) is 0 Å². The summed E-state index contributed by atoms with van der Waals surface area (Å²) >= 11 is 1.85. The van der Waals surface area contributed by atoms with Gasteiger partial charge in [-0.25, -0.2) is 4.98 Å². The molecule has 0 amide bonds. The Balaban J connectivity index is 1.64. The molecule has 1 aromatic rings. The molecular weight excluding hydrogens is 258 g/mol. The first-order chi connectivity index (χ1) is 9.26. The number of morpholine rings is 1. The lowest BCUT2D eigenvalue weighted by Crippen LogP contribution is -2.42. The first kappa shape index (κ1) is 13.3. The van der Waals surface area contributed by atoms with E-state index in [0.29, 0.717) is 6.10 Å². The lowest BCUT2D eigenvalue weighted by Gasteiger charge is -2.32. The minimum absolute atomic E-state index is 0.367. The average molecular weight is 281 g/mol. The second-order valence-electron chi connectivity index (χ2n) is 5.51. The molecule has 1 saturated heterocycles. The number of thiazole rings is 1. The fourth-order valence-corrected chi connectivity index (χ4v) is 3.42. The topological polar surface area (TPSA) is 37.4 Å². The van der Waals surface area contributed by atoms with Crippen LogP contribution in [0.1, 0.15) is 36.8 Å². The van der Waals surface area contributed by atoms with Gasteiger partial charge in [-0.05, 0) is 26.2 Å². The van der Waals surface area contributed by atoms with Crippen LogP contribution in [0.2, 0.25) is 0 Å². The van der Waals surface area contributed by atoms with Gasteiger partial charge in [0.25, 0.3) is 0 Å². The Morgan fingerprint density at radius 2 is 2.32 bits per heavy atom. The SMILES string of the molecule is CCC1CN(c2nc(C)c(CNC3CC3)s2)CCO1. The molecule has 0 spiro atoms. The van der Waals surface area contributed by atoms with E-state index in [0.717, 1.165) is 38.7 Å². The van der Waals surface area contributed by atoms with E-state index >= 15 is 0 Å². The minimum Gasteiger partial charge on any atom is -0.375 e. The second kappa shape index (κ2) is 5.77. The minimum atomic E-state index is 0.367.